The van der Waals surface area contributed by atoms with Crippen LogP contribution in [0.3, 0.4) is 0 Å². The van der Waals surface area contributed by atoms with Crippen molar-refractivity contribution in [1.82, 2.24) is 0 Å². The first-order chi connectivity index (χ1) is 13.2. The van der Waals surface area contributed by atoms with E-state index in [0.29, 0.717) is 16.7 Å². The number of alkyl halides is 3. The fourth-order valence-electron chi connectivity index (χ4n) is 2.36. The summed E-state index contributed by atoms with van der Waals surface area (Å²) in [4.78, 5) is 23.5. The van der Waals surface area contributed by atoms with Crippen LogP contribution in [0.5, 0.6) is 11.5 Å². The monoisotopic (exact) mass is 393 g/mol. The summed E-state index contributed by atoms with van der Waals surface area (Å²) >= 11 is 0. The predicted molar refractivity (Wildman–Crippen MR) is 94.3 cm³/mol. The summed E-state index contributed by atoms with van der Waals surface area (Å²) in [5, 5.41) is 3.22. The van der Waals surface area contributed by atoms with Crippen LogP contribution in [0.15, 0.2) is 63.8 Å². The lowest BCUT2D eigenvalue weighted by Gasteiger charge is -2.15. The van der Waals surface area contributed by atoms with E-state index in [-0.39, 0.29) is 5.69 Å². The molecule has 0 bridgehead atoms. The van der Waals surface area contributed by atoms with Crippen LogP contribution in [0.2, 0.25) is 0 Å². The van der Waals surface area contributed by atoms with Gasteiger partial charge >= 0.3 is 12.0 Å². The molecule has 0 aliphatic rings. The van der Waals surface area contributed by atoms with Gasteiger partial charge in [-0.3, -0.25) is 4.79 Å². The summed E-state index contributed by atoms with van der Waals surface area (Å²) in [5.74, 6) is -0.593. The van der Waals surface area contributed by atoms with E-state index < -0.39 is 29.7 Å². The van der Waals surface area contributed by atoms with E-state index in [1.54, 1.807) is 18.2 Å². The van der Waals surface area contributed by atoms with E-state index in [9.17, 15) is 22.8 Å². The Labute approximate surface area is 156 Å². The van der Waals surface area contributed by atoms with Crippen LogP contribution in [0.4, 0.5) is 18.9 Å². The second-order valence-electron chi connectivity index (χ2n) is 5.78. The van der Waals surface area contributed by atoms with Crippen molar-refractivity contribution in [2.24, 2.45) is 0 Å². The number of rotatable bonds is 5. The standard InChI is InChI=1S/C19H14F3NO5/c1-11(26-15-6-2-12-3-9-17(24)27-16(12)10-15)18(25)23-13-4-7-14(8-5-13)28-19(20,21)22/h2-11H,1H3,(H,23,25)/t11-/m0/s1. The van der Waals surface area contributed by atoms with Gasteiger partial charge < -0.3 is 19.2 Å². The Balaban J connectivity index is 1.63. The smallest absolute Gasteiger partial charge is 0.481 e. The van der Waals surface area contributed by atoms with Gasteiger partial charge in [-0.15, -0.1) is 13.2 Å². The van der Waals surface area contributed by atoms with Crippen molar-refractivity contribution in [2.45, 2.75) is 19.4 Å². The van der Waals surface area contributed by atoms with Crippen LogP contribution in [-0.2, 0) is 4.79 Å². The molecule has 3 rings (SSSR count). The summed E-state index contributed by atoms with van der Waals surface area (Å²) < 4.78 is 50.8. The molecule has 146 valence electrons. The summed E-state index contributed by atoms with van der Waals surface area (Å²) in [5.41, 5.74) is 0.0886. The Morgan fingerprint density at radius 2 is 1.68 bits per heavy atom. The lowest BCUT2D eigenvalue weighted by molar-refractivity contribution is -0.274. The number of fused-ring (bicyclic) bond motifs is 1. The third-order valence-electron chi connectivity index (χ3n) is 3.63. The number of hydrogen-bond acceptors (Lipinski definition) is 5. The molecule has 0 saturated carbocycles. The number of ether oxygens (including phenoxy) is 2. The molecule has 28 heavy (non-hydrogen) atoms. The summed E-state index contributed by atoms with van der Waals surface area (Å²) in [7, 11) is 0. The maximum absolute atomic E-state index is 12.2. The van der Waals surface area contributed by atoms with Gasteiger partial charge in [0.05, 0.1) is 0 Å². The highest BCUT2D eigenvalue weighted by Crippen LogP contribution is 2.24. The van der Waals surface area contributed by atoms with Gasteiger partial charge in [-0.1, -0.05) is 0 Å². The van der Waals surface area contributed by atoms with Crippen LogP contribution in [-0.4, -0.2) is 18.4 Å². The third kappa shape index (κ3) is 5.03. The van der Waals surface area contributed by atoms with Crippen molar-refractivity contribution in [3.63, 3.8) is 0 Å². The minimum atomic E-state index is -4.79. The zero-order chi connectivity index (χ0) is 20.3. The first-order valence-electron chi connectivity index (χ1n) is 8.07. The topological polar surface area (TPSA) is 77.8 Å². The average Bonchev–Trinajstić information content (AvgIpc) is 2.61. The van der Waals surface area contributed by atoms with Crippen LogP contribution in [0.25, 0.3) is 11.0 Å². The van der Waals surface area contributed by atoms with Crippen molar-refractivity contribution < 1.29 is 31.9 Å². The first kappa shape index (κ1) is 19.3. The molecule has 1 aromatic heterocycles. The summed E-state index contributed by atoms with van der Waals surface area (Å²) in [6, 6.07) is 12.4. The maximum atomic E-state index is 12.2. The normalized spacial score (nSPS) is 12.4. The van der Waals surface area contributed by atoms with Gasteiger partial charge in [-0.2, -0.15) is 0 Å². The summed E-state index contributed by atoms with van der Waals surface area (Å²) in [6.45, 7) is 1.50. The number of amides is 1. The highest BCUT2D eigenvalue weighted by molar-refractivity contribution is 5.94. The highest BCUT2D eigenvalue weighted by atomic mass is 19.4. The van der Waals surface area contributed by atoms with Crippen molar-refractivity contribution in [3.05, 3.63) is 65.0 Å². The Hall–Kier alpha value is -3.49. The molecular formula is C19H14F3NO5. The van der Waals surface area contributed by atoms with Gasteiger partial charge in [0.15, 0.2) is 6.10 Å². The van der Waals surface area contributed by atoms with Gasteiger partial charge in [-0.25, -0.2) is 4.79 Å². The first-order valence-corrected chi connectivity index (χ1v) is 8.07. The Bertz CT molecular complexity index is 1040. The predicted octanol–water partition coefficient (Wildman–Crippen LogP) is 4.10. The Kier molecular flexibility index (Phi) is 5.25. The van der Waals surface area contributed by atoms with Gasteiger partial charge in [-0.05, 0) is 49.4 Å². The van der Waals surface area contributed by atoms with Crippen molar-refractivity contribution >= 4 is 22.6 Å². The fraction of sp³-hybridized carbons (Fsp3) is 0.158. The number of halogens is 3. The zero-order valence-corrected chi connectivity index (χ0v) is 14.4. The Morgan fingerprint density at radius 1 is 1.04 bits per heavy atom. The number of anilines is 1. The van der Waals surface area contributed by atoms with E-state index in [0.717, 1.165) is 12.1 Å². The van der Waals surface area contributed by atoms with Gasteiger partial charge in [0.25, 0.3) is 5.91 Å². The molecule has 0 spiro atoms. The number of benzene rings is 2. The molecule has 1 atom stereocenters. The third-order valence-corrected chi connectivity index (χ3v) is 3.63. The second-order valence-corrected chi connectivity index (χ2v) is 5.78. The molecule has 0 saturated heterocycles. The number of carbonyl (C=O) groups excluding carboxylic acids is 1. The molecule has 0 fully saturated rings. The molecule has 0 aliphatic heterocycles. The minimum Gasteiger partial charge on any atom is -0.481 e. The molecule has 0 radical (unpaired) electrons. The zero-order valence-electron chi connectivity index (χ0n) is 14.4. The molecule has 6 nitrogen and oxygen atoms in total. The largest absolute Gasteiger partial charge is 0.573 e. The molecule has 1 N–H and O–H groups in total. The molecule has 0 unspecified atom stereocenters. The van der Waals surface area contributed by atoms with E-state index in [1.807, 2.05) is 0 Å². The summed E-state index contributed by atoms with van der Waals surface area (Å²) in [6.07, 6.45) is -5.70. The van der Waals surface area contributed by atoms with Crippen LogP contribution in [0, 0.1) is 0 Å². The number of nitrogens with one attached hydrogen (secondary N) is 1. The van der Waals surface area contributed by atoms with Crippen molar-refractivity contribution in [1.29, 1.82) is 0 Å². The van der Waals surface area contributed by atoms with E-state index in [1.165, 1.54) is 31.2 Å². The lowest BCUT2D eigenvalue weighted by Crippen LogP contribution is -2.30. The lowest BCUT2D eigenvalue weighted by atomic mass is 10.2. The molecule has 1 heterocycles. The molecular weight excluding hydrogens is 379 g/mol. The molecule has 9 heteroatoms. The van der Waals surface area contributed by atoms with Crippen LogP contribution >= 0.6 is 0 Å². The minimum absolute atomic E-state index is 0.277. The van der Waals surface area contributed by atoms with Gasteiger partial charge in [0, 0.05) is 23.2 Å². The van der Waals surface area contributed by atoms with Crippen molar-refractivity contribution in [2.75, 3.05) is 5.32 Å². The van der Waals surface area contributed by atoms with Crippen LogP contribution in [0.1, 0.15) is 6.92 Å². The Morgan fingerprint density at radius 3 is 2.36 bits per heavy atom. The van der Waals surface area contributed by atoms with Crippen molar-refractivity contribution in [3.8, 4) is 11.5 Å². The molecule has 0 aliphatic carbocycles. The fourth-order valence-corrected chi connectivity index (χ4v) is 2.36. The maximum Gasteiger partial charge on any atom is 0.573 e. The van der Waals surface area contributed by atoms with E-state index in [4.69, 9.17) is 9.15 Å². The molecule has 3 aromatic rings. The highest BCUT2D eigenvalue weighted by Gasteiger charge is 2.31. The van der Waals surface area contributed by atoms with E-state index >= 15 is 0 Å². The van der Waals surface area contributed by atoms with Gasteiger partial charge in [0.1, 0.15) is 17.1 Å². The quantitative estimate of drug-likeness (QED) is 0.661. The van der Waals surface area contributed by atoms with E-state index in [2.05, 4.69) is 10.1 Å². The SMILES string of the molecule is C[C@H](Oc1ccc2ccc(=O)oc2c1)C(=O)Nc1ccc(OC(F)(F)F)cc1. The molecule has 1 amide bonds. The van der Waals surface area contributed by atoms with Gasteiger partial charge in [0.2, 0.25) is 0 Å². The molecule has 2 aromatic carbocycles. The second kappa shape index (κ2) is 7.63. The van der Waals surface area contributed by atoms with Crippen LogP contribution < -0.4 is 20.4 Å². The number of hydrogen-bond donors (Lipinski definition) is 1. The average molecular weight is 393 g/mol. The number of carbonyl (C=O) groups is 1.